The van der Waals surface area contributed by atoms with E-state index < -0.39 is 0 Å². The summed E-state index contributed by atoms with van der Waals surface area (Å²) in [7, 11) is 0. The molecule has 78 valence electrons. The van der Waals surface area contributed by atoms with E-state index in [2.05, 4.69) is 18.8 Å². The van der Waals surface area contributed by atoms with Crippen molar-refractivity contribution in [3.05, 3.63) is 0 Å². The molecule has 0 aliphatic heterocycles. The molecule has 0 atom stereocenters. The normalized spacial score (nSPS) is 8.46. The van der Waals surface area contributed by atoms with Crippen LogP contribution in [0.1, 0.15) is 65.2 Å². The Kier molecular flexibility index (Phi) is 16.2. The molecule has 2 N–H and O–H groups in total. The Morgan fingerprint density at radius 3 is 1.92 bits per heavy atom. The van der Waals surface area contributed by atoms with Gasteiger partial charge in [-0.2, -0.15) is 0 Å². The van der Waals surface area contributed by atoms with Crippen molar-refractivity contribution in [2.24, 2.45) is 0 Å². The zero-order valence-corrected chi connectivity index (χ0v) is 9.16. The van der Waals surface area contributed by atoms with E-state index in [9.17, 15) is 0 Å². The topological polar surface area (TPSA) is 31.5 Å². The Hall–Kier alpha value is -0.480. The highest BCUT2D eigenvalue weighted by molar-refractivity contribution is 4.94. The SMILES string of the molecule is CC#CCCCCCCCCC.O. The van der Waals surface area contributed by atoms with E-state index in [4.69, 9.17) is 0 Å². The van der Waals surface area contributed by atoms with Crippen LogP contribution in [0.3, 0.4) is 0 Å². The highest BCUT2D eigenvalue weighted by Gasteiger charge is 1.88. The first-order valence-corrected chi connectivity index (χ1v) is 5.31. The number of hydrogen-bond donors (Lipinski definition) is 0. The van der Waals surface area contributed by atoms with Crippen LogP contribution in [0.25, 0.3) is 0 Å². The molecule has 13 heavy (non-hydrogen) atoms. The molecule has 0 aromatic carbocycles. The Morgan fingerprint density at radius 1 is 0.846 bits per heavy atom. The molecular formula is C12H24O. The number of rotatable bonds is 7. The van der Waals surface area contributed by atoms with E-state index in [0.29, 0.717) is 0 Å². The van der Waals surface area contributed by atoms with Crippen molar-refractivity contribution in [1.29, 1.82) is 0 Å². The standard InChI is InChI=1S/C12H22.H2O/c1-3-5-7-9-11-12-10-8-6-4-2;/h3,5,7-12H2,1-2H3;1H2. The largest absolute Gasteiger partial charge is 0.412 e. The first kappa shape index (κ1) is 15.0. The van der Waals surface area contributed by atoms with Gasteiger partial charge in [-0.25, -0.2) is 0 Å². The lowest BCUT2D eigenvalue weighted by Gasteiger charge is -1.97. The summed E-state index contributed by atoms with van der Waals surface area (Å²) in [5, 5.41) is 0. The van der Waals surface area contributed by atoms with Gasteiger partial charge in [-0.05, 0) is 13.3 Å². The Labute approximate surface area is 83.2 Å². The molecule has 0 saturated heterocycles. The van der Waals surface area contributed by atoms with E-state index in [0.717, 1.165) is 6.42 Å². The van der Waals surface area contributed by atoms with E-state index in [1.165, 1.54) is 44.9 Å². The molecule has 0 fully saturated rings. The van der Waals surface area contributed by atoms with Crippen LogP contribution in [-0.4, -0.2) is 5.48 Å². The average Bonchev–Trinajstić information content (AvgIpc) is 2.10. The molecule has 0 amide bonds. The van der Waals surface area contributed by atoms with Crippen molar-refractivity contribution in [3.8, 4) is 11.8 Å². The Balaban J connectivity index is 0. The summed E-state index contributed by atoms with van der Waals surface area (Å²) in [6.07, 6.45) is 10.8. The van der Waals surface area contributed by atoms with Crippen LogP contribution >= 0.6 is 0 Å². The minimum atomic E-state index is 0. The number of unbranched alkanes of at least 4 members (excludes halogenated alkanes) is 7. The molecule has 0 aliphatic carbocycles. The van der Waals surface area contributed by atoms with Crippen LogP contribution in [0, 0.1) is 11.8 Å². The van der Waals surface area contributed by atoms with Gasteiger partial charge < -0.3 is 5.48 Å². The van der Waals surface area contributed by atoms with Gasteiger partial charge in [-0.3, -0.25) is 0 Å². The monoisotopic (exact) mass is 184 g/mol. The van der Waals surface area contributed by atoms with Gasteiger partial charge in [0, 0.05) is 6.42 Å². The maximum absolute atomic E-state index is 3.10. The average molecular weight is 184 g/mol. The summed E-state index contributed by atoms with van der Waals surface area (Å²) < 4.78 is 0. The molecule has 0 radical (unpaired) electrons. The summed E-state index contributed by atoms with van der Waals surface area (Å²) in [4.78, 5) is 0. The maximum atomic E-state index is 3.10. The van der Waals surface area contributed by atoms with E-state index in [-0.39, 0.29) is 5.48 Å². The first-order valence-electron chi connectivity index (χ1n) is 5.31. The second-order valence-corrected chi connectivity index (χ2v) is 3.30. The quantitative estimate of drug-likeness (QED) is 0.429. The number of hydrogen-bond acceptors (Lipinski definition) is 0. The van der Waals surface area contributed by atoms with Gasteiger partial charge in [-0.15, -0.1) is 11.8 Å². The molecule has 0 aliphatic rings. The van der Waals surface area contributed by atoms with E-state index in [1.807, 2.05) is 6.92 Å². The molecule has 0 bridgehead atoms. The minimum absolute atomic E-state index is 0. The van der Waals surface area contributed by atoms with Gasteiger partial charge in [0.25, 0.3) is 0 Å². The summed E-state index contributed by atoms with van der Waals surface area (Å²) in [6, 6.07) is 0. The van der Waals surface area contributed by atoms with Gasteiger partial charge in [-0.1, -0.05) is 45.4 Å². The van der Waals surface area contributed by atoms with Crippen molar-refractivity contribution >= 4 is 0 Å². The fourth-order valence-corrected chi connectivity index (χ4v) is 1.30. The lowest BCUT2D eigenvalue weighted by Crippen LogP contribution is -1.78. The smallest absolute Gasteiger partial charge is 0.00885 e. The second kappa shape index (κ2) is 14.1. The van der Waals surface area contributed by atoms with Crippen molar-refractivity contribution in [1.82, 2.24) is 0 Å². The van der Waals surface area contributed by atoms with Crippen molar-refractivity contribution in [3.63, 3.8) is 0 Å². The van der Waals surface area contributed by atoms with Crippen molar-refractivity contribution in [2.45, 2.75) is 65.2 Å². The Bertz CT molecular complexity index is 130. The van der Waals surface area contributed by atoms with Crippen LogP contribution in [0.4, 0.5) is 0 Å². The zero-order chi connectivity index (χ0) is 9.07. The van der Waals surface area contributed by atoms with Crippen molar-refractivity contribution in [2.75, 3.05) is 0 Å². The molecule has 0 heterocycles. The summed E-state index contributed by atoms with van der Waals surface area (Å²) in [5.74, 6) is 6.03. The summed E-state index contributed by atoms with van der Waals surface area (Å²) in [5.41, 5.74) is 0. The van der Waals surface area contributed by atoms with Gasteiger partial charge >= 0.3 is 0 Å². The van der Waals surface area contributed by atoms with Crippen LogP contribution < -0.4 is 0 Å². The maximum Gasteiger partial charge on any atom is 0.00885 e. The van der Waals surface area contributed by atoms with Gasteiger partial charge in [0.2, 0.25) is 0 Å². The third-order valence-corrected chi connectivity index (χ3v) is 2.08. The van der Waals surface area contributed by atoms with Gasteiger partial charge in [0.15, 0.2) is 0 Å². The molecule has 1 nitrogen and oxygen atoms in total. The molecule has 0 rings (SSSR count). The van der Waals surface area contributed by atoms with Gasteiger partial charge in [0.1, 0.15) is 0 Å². The fourth-order valence-electron chi connectivity index (χ4n) is 1.30. The molecule has 1 heteroatoms. The first-order chi connectivity index (χ1) is 5.91. The molecule has 0 unspecified atom stereocenters. The predicted octanol–water partition coefficient (Wildman–Crippen LogP) is 3.33. The fraction of sp³-hybridized carbons (Fsp3) is 0.833. The minimum Gasteiger partial charge on any atom is -0.412 e. The summed E-state index contributed by atoms with van der Waals surface area (Å²) in [6.45, 7) is 4.18. The molecular weight excluding hydrogens is 160 g/mol. The predicted molar refractivity (Wildman–Crippen MR) is 59.7 cm³/mol. The lowest BCUT2D eigenvalue weighted by atomic mass is 10.1. The highest BCUT2D eigenvalue weighted by atomic mass is 16.0. The third-order valence-electron chi connectivity index (χ3n) is 2.08. The van der Waals surface area contributed by atoms with Crippen LogP contribution in [0.2, 0.25) is 0 Å². The lowest BCUT2D eigenvalue weighted by molar-refractivity contribution is 0.594. The van der Waals surface area contributed by atoms with Crippen LogP contribution in [-0.2, 0) is 0 Å². The summed E-state index contributed by atoms with van der Waals surface area (Å²) >= 11 is 0. The zero-order valence-electron chi connectivity index (χ0n) is 9.16. The van der Waals surface area contributed by atoms with Gasteiger partial charge in [0.05, 0.1) is 0 Å². The van der Waals surface area contributed by atoms with Crippen LogP contribution in [0.5, 0.6) is 0 Å². The molecule has 0 spiro atoms. The molecule has 0 saturated carbocycles. The van der Waals surface area contributed by atoms with E-state index in [1.54, 1.807) is 0 Å². The highest BCUT2D eigenvalue weighted by Crippen LogP contribution is 2.07. The van der Waals surface area contributed by atoms with E-state index >= 15 is 0 Å². The Morgan fingerprint density at radius 2 is 1.38 bits per heavy atom. The molecule has 0 aromatic rings. The molecule has 0 aromatic heterocycles. The second-order valence-electron chi connectivity index (χ2n) is 3.30. The van der Waals surface area contributed by atoms with Crippen molar-refractivity contribution < 1.29 is 5.48 Å². The van der Waals surface area contributed by atoms with Crippen LogP contribution in [0.15, 0.2) is 0 Å². The third kappa shape index (κ3) is 14.4.